The lowest BCUT2D eigenvalue weighted by molar-refractivity contribution is 0.0297. The second-order valence-electron chi connectivity index (χ2n) is 3.62. The first-order valence-electron chi connectivity index (χ1n) is 5.49. The van der Waals surface area contributed by atoms with Crippen LogP contribution in [0.4, 0.5) is 4.79 Å². The van der Waals surface area contributed by atoms with Crippen LogP contribution in [0.5, 0.6) is 0 Å². The molecule has 1 aromatic carbocycles. The third kappa shape index (κ3) is 3.59. The van der Waals surface area contributed by atoms with Crippen LogP contribution in [0.3, 0.4) is 0 Å². The van der Waals surface area contributed by atoms with Gasteiger partial charge in [0, 0.05) is 5.56 Å². The Kier molecular flexibility index (Phi) is 4.69. The second-order valence-corrected chi connectivity index (χ2v) is 3.62. The molecule has 1 atom stereocenters. The summed E-state index contributed by atoms with van der Waals surface area (Å²) in [4.78, 5) is 23.0. The van der Waals surface area contributed by atoms with E-state index in [9.17, 15) is 9.59 Å². The van der Waals surface area contributed by atoms with E-state index >= 15 is 0 Å². The molecule has 0 aliphatic carbocycles. The molecule has 0 fully saturated rings. The summed E-state index contributed by atoms with van der Waals surface area (Å²) in [6.07, 6.45) is -1.66. The average Bonchev–Trinajstić information content (AvgIpc) is 2.29. The predicted octanol–water partition coefficient (Wildman–Crippen LogP) is 2.74. The molecule has 1 rings (SSSR count). The molecule has 0 aliphatic heterocycles. The van der Waals surface area contributed by atoms with E-state index in [1.165, 1.54) is 6.92 Å². The Bertz CT molecular complexity index is 412. The zero-order chi connectivity index (χ0) is 12.8. The quantitative estimate of drug-likeness (QED) is 0.595. The first-order valence-corrected chi connectivity index (χ1v) is 5.49. The Hall–Kier alpha value is -1.84. The Morgan fingerprint density at radius 2 is 1.94 bits per heavy atom. The molecular formula is C13H16O4. The molecule has 0 saturated carbocycles. The molecule has 0 aliphatic rings. The van der Waals surface area contributed by atoms with Crippen LogP contribution in [-0.4, -0.2) is 24.6 Å². The topological polar surface area (TPSA) is 52.6 Å². The van der Waals surface area contributed by atoms with E-state index in [-0.39, 0.29) is 12.4 Å². The van der Waals surface area contributed by atoms with E-state index in [1.54, 1.807) is 19.1 Å². The molecule has 4 heteroatoms. The van der Waals surface area contributed by atoms with Crippen LogP contribution in [0, 0.1) is 6.92 Å². The molecule has 0 aromatic heterocycles. The van der Waals surface area contributed by atoms with Crippen molar-refractivity contribution >= 4 is 11.9 Å². The van der Waals surface area contributed by atoms with Crippen LogP contribution >= 0.6 is 0 Å². The van der Waals surface area contributed by atoms with E-state index in [2.05, 4.69) is 4.74 Å². The van der Waals surface area contributed by atoms with Crippen molar-refractivity contribution in [1.29, 1.82) is 0 Å². The molecule has 17 heavy (non-hydrogen) atoms. The van der Waals surface area contributed by atoms with Gasteiger partial charge in [-0.1, -0.05) is 24.3 Å². The van der Waals surface area contributed by atoms with Crippen LogP contribution in [0.15, 0.2) is 24.3 Å². The summed E-state index contributed by atoms with van der Waals surface area (Å²) < 4.78 is 9.47. The molecular weight excluding hydrogens is 220 g/mol. The van der Waals surface area contributed by atoms with Crippen LogP contribution in [0.1, 0.15) is 29.8 Å². The number of hydrogen-bond donors (Lipinski definition) is 0. The highest BCUT2D eigenvalue weighted by Gasteiger charge is 2.21. The Labute approximate surface area is 101 Å². The molecule has 0 saturated heterocycles. The van der Waals surface area contributed by atoms with E-state index in [0.29, 0.717) is 5.56 Å². The Morgan fingerprint density at radius 3 is 2.53 bits per heavy atom. The number of benzene rings is 1. The predicted molar refractivity (Wildman–Crippen MR) is 63.1 cm³/mol. The van der Waals surface area contributed by atoms with Gasteiger partial charge in [0.15, 0.2) is 6.10 Å². The van der Waals surface area contributed by atoms with Crippen molar-refractivity contribution in [2.24, 2.45) is 0 Å². The number of hydrogen-bond acceptors (Lipinski definition) is 4. The van der Waals surface area contributed by atoms with Gasteiger partial charge >= 0.3 is 6.16 Å². The zero-order valence-corrected chi connectivity index (χ0v) is 10.2. The van der Waals surface area contributed by atoms with Gasteiger partial charge in [-0.3, -0.25) is 4.79 Å². The van der Waals surface area contributed by atoms with E-state index in [0.717, 1.165) is 5.56 Å². The number of Topliss-reactive ketones (excluding diaryl/α,β-unsaturated/α-hetero) is 1. The van der Waals surface area contributed by atoms with E-state index in [1.807, 2.05) is 19.1 Å². The lowest BCUT2D eigenvalue weighted by Gasteiger charge is -2.12. The maximum atomic E-state index is 12.0. The molecule has 0 radical (unpaired) electrons. The fourth-order valence-electron chi connectivity index (χ4n) is 1.42. The van der Waals surface area contributed by atoms with Gasteiger partial charge < -0.3 is 9.47 Å². The van der Waals surface area contributed by atoms with Crippen LogP contribution < -0.4 is 0 Å². The summed E-state index contributed by atoms with van der Waals surface area (Å²) >= 11 is 0. The van der Waals surface area contributed by atoms with Crippen LogP contribution in [0.25, 0.3) is 0 Å². The third-order valence-electron chi connectivity index (χ3n) is 2.31. The van der Waals surface area contributed by atoms with Gasteiger partial charge in [0.25, 0.3) is 0 Å². The lowest BCUT2D eigenvalue weighted by Crippen LogP contribution is -2.25. The van der Waals surface area contributed by atoms with Crippen molar-refractivity contribution < 1.29 is 19.1 Å². The SMILES string of the molecule is CCOC(=O)OC(C)C(=O)c1ccccc1C. The number of carbonyl (C=O) groups is 2. The maximum Gasteiger partial charge on any atom is 0.508 e. The number of ketones is 1. The van der Waals surface area contributed by atoms with Gasteiger partial charge in [0.2, 0.25) is 5.78 Å². The largest absolute Gasteiger partial charge is 0.508 e. The standard InChI is InChI=1S/C13H16O4/c1-4-16-13(15)17-10(3)12(14)11-8-6-5-7-9(11)2/h5-8,10H,4H2,1-3H3. The van der Waals surface area contributed by atoms with Crippen molar-refractivity contribution in [2.45, 2.75) is 26.9 Å². The number of carbonyl (C=O) groups excluding carboxylic acids is 2. The number of ether oxygens (including phenoxy) is 2. The maximum absolute atomic E-state index is 12.0. The van der Waals surface area contributed by atoms with Crippen molar-refractivity contribution in [3.8, 4) is 0 Å². The molecule has 1 unspecified atom stereocenters. The Balaban J connectivity index is 2.70. The molecule has 0 spiro atoms. The number of aryl methyl sites for hydroxylation is 1. The molecule has 1 aromatic rings. The van der Waals surface area contributed by atoms with Gasteiger partial charge in [-0.05, 0) is 26.3 Å². The number of rotatable bonds is 4. The molecule has 92 valence electrons. The highest BCUT2D eigenvalue weighted by Crippen LogP contribution is 2.11. The van der Waals surface area contributed by atoms with E-state index in [4.69, 9.17) is 4.74 Å². The smallest absolute Gasteiger partial charge is 0.435 e. The summed E-state index contributed by atoms with van der Waals surface area (Å²) in [6.45, 7) is 5.27. The van der Waals surface area contributed by atoms with Gasteiger partial charge in [-0.15, -0.1) is 0 Å². The van der Waals surface area contributed by atoms with E-state index < -0.39 is 12.3 Å². The Morgan fingerprint density at radius 1 is 1.29 bits per heavy atom. The van der Waals surface area contributed by atoms with Gasteiger partial charge in [0.05, 0.1) is 6.61 Å². The minimum Gasteiger partial charge on any atom is -0.435 e. The highest BCUT2D eigenvalue weighted by molar-refractivity contribution is 6.01. The summed E-state index contributed by atoms with van der Waals surface area (Å²) in [5.74, 6) is -0.226. The highest BCUT2D eigenvalue weighted by atomic mass is 16.7. The molecule has 4 nitrogen and oxygen atoms in total. The van der Waals surface area contributed by atoms with Gasteiger partial charge in [0.1, 0.15) is 0 Å². The molecule has 0 bridgehead atoms. The molecule has 0 heterocycles. The minimum atomic E-state index is -0.838. The first-order chi connectivity index (χ1) is 8.06. The van der Waals surface area contributed by atoms with Gasteiger partial charge in [-0.2, -0.15) is 0 Å². The summed E-state index contributed by atoms with van der Waals surface area (Å²) in [6, 6.07) is 7.17. The van der Waals surface area contributed by atoms with Gasteiger partial charge in [-0.25, -0.2) is 4.79 Å². The van der Waals surface area contributed by atoms with Crippen LogP contribution in [0.2, 0.25) is 0 Å². The van der Waals surface area contributed by atoms with Crippen molar-refractivity contribution in [3.63, 3.8) is 0 Å². The normalized spacial score (nSPS) is 11.7. The summed E-state index contributed by atoms with van der Waals surface area (Å²) in [7, 11) is 0. The summed E-state index contributed by atoms with van der Waals surface area (Å²) in [5, 5.41) is 0. The molecule has 0 N–H and O–H groups in total. The summed E-state index contributed by atoms with van der Waals surface area (Å²) in [5.41, 5.74) is 1.42. The van der Waals surface area contributed by atoms with Crippen molar-refractivity contribution in [3.05, 3.63) is 35.4 Å². The minimum absolute atomic E-state index is 0.226. The fourth-order valence-corrected chi connectivity index (χ4v) is 1.42. The fraction of sp³-hybridized carbons (Fsp3) is 0.385. The van der Waals surface area contributed by atoms with Crippen molar-refractivity contribution in [1.82, 2.24) is 0 Å². The monoisotopic (exact) mass is 236 g/mol. The lowest BCUT2D eigenvalue weighted by atomic mass is 10.0. The average molecular weight is 236 g/mol. The van der Waals surface area contributed by atoms with Crippen LogP contribution in [-0.2, 0) is 9.47 Å². The molecule has 0 amide bonds. The second kappa shape index (κ2) is 6.03. The first kappa shape index (κ1) is 13.2. The zero-order valence-electron chi connectivity index (χ0n) is 10.2. The third-order valence-corrected chi connectivity index (χ3v) is 2.31. The van der Waals surface area contributed by atoms with Crippen molar-refractivity contribution in [2.75, 3.05) is 6.61 Å².